The zero-order chi connectivity index (χ0) is 14.4. The van der Waals surface area contributed by atoms with E-state index in [4.69, 9.17) is 4.74 Å². The Morgan fingerprint density at radius 2 is 2.30 bits per heavy atom. The number of ether oxygens (including phenoxy) is 1. The van der Waals surface area contributed by atoms with Crippen LogP contribution in [0.1, 0.15) is 18.2 Å². The molecule has 104 valence electrons. The molecule has 0 radical (unpaired) electrons. The van der Waals surface area contributed by atoms with Gasteiger partial charge in [0.1, 0.15) is 5.75 Å². The number of H-pyrrole nitrogens is 1. The van der Waals surface area contributed by atoms with Gasteiger partial charge in [0.05, 0.1) is 12.8 Å². The summed E-state index contributed by atoms with van der Waals surface area (Å²) in [6.07, 6.45) is 1.63. The summed E-state index contributed by atoms with van der Waals surface area (Å²) >= 11 is 0. The third-order valence-corrected chi connectivity index (χ3v) is 2.42. The summed E-state index contributed by atoms with van der Waals surface area (Å²) in [7, 11) is 0. The Labute approximate surface area is 116 Å². The molecule has 0 aliphatic heterocycles. The van der Waals surface area contributed by atoms with Gasteiger partial charge in [0.25, 0.3) is 5.56 Å². The van der Waals surface area contributed by atoms with Gasteiger partial charge in [-0.1, -0.05) is 12.1 Å². The van der Waals surface area contributed by atoms with Crippen LogP contribution in [0.5, 0.6) is 5.75 Å². The highest BCUT2D eigenvalue weighted by Crippen LogP contribution is 2.11. The van der Waals surface area contributed by atoms with Crippen molar-refractivity contribution in [2.45, 2.75) is 13.8 Å². The minimum absolute atomic E-state index is 0.214. The monoisotopic (exact) mass is 272 g/mol. The van der Waals surface area contributed by atoms with Crippen LogP contribution in [-0.2, 0) is 0 Å². The van der Waals surface area contributed by atoms with Crippen molar-refractivity contribution in [1.29, 1.82) is 0 Å². The van der Waals surface area contributed by atoms with E-state index >= 15 is 0 Å². The molecule has 0 unspecified atom stereocenters. The lowest BCUT2D eigenvalue weighted by atomic mass is 10.2. The second kappa shape index (κ2) is 6.51. The molecule has 0 saturated carbocycles. The Hall–Kier alpha value is -2.63. The number of hydrazone groups is 1. The molecular formula is C14H16N4O2. The molecular weight excluding hydrogens is 256 g/mol. The molecule has 2 rings (SSSR count). The maximum absolute atomic E-state index is 11.3. The van der Waals surface area contributed by atoms with E-state index < -0.39 is 0 Å². The highest BCUT2D eigenvalue weighted by atomic mass is 16.5. The molecule has 0 atom stereocenters. The molecule has 0 amide bonds. The van der Waals surface area contributed by atoms with Crippen LogP contribution in [0.15, 0.2) is 40.2 Å². The Kier molecular flexibility index (Phi) is 4.49. The first-order chi connectivity index (χ1) is 9.67. The standard InChI is InChI=1S/C14H16N4O2/c1-3-20-12-6-4-5-11(8-12)9-15-18-14-16-10(2)7-13(19)17-14/h4-9H,3H2,1-2H3,(H2,16,17,18,19)/b15-9-. The van der Waals surface area contributed by atoms with Gasteiger partial charge in [0.2, 0.25) is 5.95 Å². The molecule has 2 N–H and O–H groups in total. The predicted molar refractivity (Wildman–Crippen MR) is 78.4 cm³/mol. The van der Waals surface area contributed by atoms with Gasteiger partial charge in [-0.25, -0.2) is 10.4 Å². The summed E-state index contributed by atoms with van der Waals surface area (Å²) in [6, 6.07) is 8.97. The van der Waals surface area contributed by atoms with Crippen LogP contribution in [-0.4, -0.2) is 22.8 Å². The smallest absolute Gasteiger partial charge is 0.252 e. The molecule has 6 heteroatoms. The summed E-state index contributed by atoms with van der Waals surface area (Å²) < 4.78 is 5.40. The fourth-order valence-electron chi connectivity index (χ4n) is 1.65. The van der Waals surface area contributed by atoms with Gasteiger partial charge < -0.3 is 4.74 Å². The van der Waals surface area contributed by atoms with Gasteiger partial charge in [0.15, 0.2) is 0 Å². The van der Waals surface area contributed by atoms with Crippen molar-refractivity contribution in [2.75, 3.05) is 12.0 Å². The van der Waals surface area contributed by atoms with Gasteiger partial charge >= 0.3 is 0 Å². The van der Waals surface area contributed by atoms with Crippen molar-refractivity contribution in [3.8, 4) is 5.75 Å². The van der Waals surface area contributed by atoms with E-state index in [1.54, 1.807) is 13.1 Å². The number of anilines is 1. The minimum atomic E-state index is -0.214. The minimum Gasteiger partial charge on any atom is -0.494 e. The molecule has 1 heterocycles. The van der Waals surface area contributed by atoms with Crippen LogP contribution in [0.3, 0.4) is 0 Å². The highest BCUT2D eigenvalue weighted by molar-refractivity contribution is 5.80. The summed E-state index contributed by atoms with van der Waals surface area (Å²) in [5, 5.41) is 4.03. The van der Waals surface area contributed by atoms with Crippen molar-refractivity contribution in [3.05, 3.63) is 51.9 Å². The largest absolute Gasteiger partial charge is 0.494 e. The third-order valence-electron chi connectivity index (χ3n) is 2.42. The normalized spacial score (nSPS) is 10.7. The molecule has 20 heavy (non-hydrogen) atoms. The van der Waals surface area contributed by atoms with Crippen molar-refractivity contribution in [3.63, 3.8) is 0 Å². The third kappa shape index (κ3) is 3.94. The van der Waals surface area contributed by atoms with E-state index in [1.165, 1.54) is 6.07 Å². The van der Waals surface area contributed by atoms with Gasteiger partial charge in [-0.05, 0) is 31.5 Å². The van der Waals surface area contributed by atoms with Crippen LogP contribution >= 0.6 is 0 Å². The van der Waals surface area contributed by atoms with Crippen molar-refractivity contribution in [2.24, 2.45) is 5.10 Å². The second-order valence-electron chi connectivity index (χ2n) is 4.11. The van der Waals surface area contributed by atoms with Gasteiger partial charge in [-0.15, -0.1) is 0 Å². The Morgan fingerprint density at radius 3 is 3.05 bits per heavy atom. The van der Waals surface area contributed by atoms with Gasteiger partial charge in [-0.2, -0.15) is 5.10 Å². The number of hydrogen-bond acceptors (Lipinski definition) is 5. The number of hydrogen-bond donors (Lipinski definition) is 2. The van der Waals surface area contributed by atoms with Crippen molar-refractivity contribution >= 4 is 12.2 Å². The van der Waals surface area contributed by atoms with E-state index in [1.807, 2.05) is 31.2 Å². The molecule has 0 bridgehead atoms. The zero-order valence-corrected chi connectivity index (χ0v) is 11.4. The van der Waals surface area contributed by atoms with Crippen LogP contribution < -0.4 is 15.7 Å². The molecule has 0 spiro atoms. The average molecular weight is 272 g/mol. The predicted octanol–water partition coefficient (Wildman–Crippen LogP) is 1.92. The fourth-order valence-corrected chi connectivity index (χ4v) is 1.65. The number of aromatic amines is 1. The van der Waals surface area contributed by atoms with E-state index in [2.05, 4.69) is 20.5 Å². The summed E-state index contributed by atoms with van der Waals surface area (Å²) in [5.41, 5.74) is 3.99. The quantitative estimate of drug-likeness (QED) is 0.644. The lowest BCUT2D eigenvalue weighted by Crippen LogP contribution is -2.10. The van der Waals surface area contributed by atoms with Gasteiger partial charge in [0, 0.05) is 11.8 Å². The molecule has 0 aliphatic rings. The van der Waals surface area contributed by atoms with Crippen LogP contribution in [0.4, 0.5) is 5.95 Å². The van der Waals surface area contributed by atoms with Crippen LogP contribution in [0.2, 0.25) is 0 Å². The van der Waals surface area contributed by atoms with E-state index in [-0.39, 0.29) is 5.56 Å². The Bertz CT molecular complexity index is 664. The number of nitrogens with zero attached hydrogens (tertiary/aromatic N) is 2. The highest BCUT2D eigenvalue weighted by Gasteiger charge is 1.96. The summed E-state index contributed by atoms with van der Waals surface area (Å²) in [6.45, 7) is 4.30. The number of rotatable bonds is 5. The van der Waals surface area contributed by atoms with Crippen LogP contribution in [0.25, 0.3) is 0 Å². The summed E-state index contributed by atoms with van der Waals surface area (Å²) in [4.78, 5) is 17.9. The SMILES string of the molecule is CCOc1cccc(/C=N\Nc2nc(C)cc(=O)[nH]2)c1. The molecule has 6 nitrogen and oxygen atoms in total. The topological polar surface area (TPSA) is 79.4 Å². The molecule has 0 fully saturated rings. The first-order valence-corrected chi connectivity index (χ1v) is 6.27. The summed E-state index contributed by atoms with van der Waals surface area (Å²) in [5.74, 6) is 1.10. The van der Waals surface area contributed by atoms with Gasteiger partial charge in [-0.3, -0.25) is 9.78 Å². The van der Waals surface area contributed by atoms with Crippen molar-refractivity contribution in [1.82, 2.24) is 9.97 Å². The Balaban J connectivity index is 2.06. The number of benzene rings is 1. The van der Waals surface area contributed by atoms with E-state index in [0.717, 1.165) is 11.3 Å². The molecule has 0 saturated heterocycles. The van der Waals surface area contributed by atoms with Crippen molar-refractivity contribution < 1.29 is 4.74 Å². The molecule has 0 aliphatic carbocycles. The maximum Gasteiger partial charge on any atom is 0.252 e. The zero-order valence-electron chi connectivity index (χ0n) is 11.4. The van der Waals surface area contributed by atoms with Crippen LogP contribution in [0, 0.1) is 6.92 Å². The fraction of sp³-hybridized carbons (Fsp3) is 0.214. The lowest BCUT2D eigenvalue weighted by Gasteiger charge is -2.03. The molecule has 1 aromatic carbocycles. The first kappa shape index (κ1) is 13.8. The maximum atomic E-state index is 11.3. The molecule has 2 aromatic rings. The first-order valence-electron chi connectivity index (χ1n) is 6.27. The van der Waals surface area contributed by atoms with E-state index in [0.29, 0.717) is 18.2 Å². The number of aryl methyl sites for hydroxylation is 1. The second-order valence-corrected chi connectivity index (χ2v) is 4.11. The Morgan fingerprint density at radius 1 is 1.45 bits per heavy atom. The number of nitrogens with one attached hydrogen (secondary N) is 2. The lowest BCUT2D eigenvalue weighted by molar-refractivity contribution is 0.340. The number of aromatic nitrogens is 2. The molecule has 1 aromatic heterocycles. The van der Waals surface area contributed by atoms with E-state index in [9.17, 15) is 4.79 Å². The average Bonchev–Trinajstić information content (AvgIpc) is 2.38.